The third-order valence-corrected chi connectivity index (χ3v) is 18.5. The number of furan rings is 1. The summed E-state index contributed by atoms with van der Waals surface area (Å²) in [5, 5.41) is 7.28. The summed E-state index contributed by atoms with van der Waals surface area (Å²) in [5.41, 5.74) is 26.0. The highest BCUT2D eigenvalue weighted by molar-refractivity contribution is 6.22. The number of benzene rings is 11. The van der Waals surface area contributed by atoms with E-state index in [-0.39, 0.29) is 10.8 Å². The first-order valence-corrected chi connectivity index (χ1v) is 28.8. The molecule has 386 valence electrons. The Balaban J connectivity index is 1.04. The predicted octanol–water partition coefficient (Wildman–Crippen LogP) is 20.8. The lowest BCUT2D eigenvalue weighted by Gasteiger charge is -2.34. The molecular formula is C77H62N2O. The molecule has 1 aromatic heterocycles. The fraction of sp³-hybridized carbons (Fsp3) is 0.169. The summed E-state index contributed by atoms with van der Waals surface area (Å²) in [6, 6.07) is 79.4. The highest BCUT2D eigenvalue weighted by atomic mass is 16.3. The number of allylic oxidation sites excluding steroid dienone is 1. The maximum absolute atomic E-state index is 7.51. The van der Waals surface area contributed by atoms with E-state index in [2.05, 4.69) is 270 Å². The van der Waals surface area contributed by atoms with Crippen molar-refractivity contribution in [3.05, 3.63) is 268 Å². The van der Waals surface area contributed by atoms with E-state index in [9.17, 15) is 0 Å². The van der Waals surface area contributed by atoms with Crippen molar-refractivity contribution in [2.24, 2.45) is 0 Å². The van der Waals surface area contributed by atoms with Gasteiger partial charge in [-0.05, 0) is 203 Å². The van der Waals surface area contributed by atoms with E-state index >= 15 is 0 Å². The minimum atomic E-state index is -0.761. The van der Waals surface area contributed by atoms with Crippen molar-refractivity contribution in [1.29, 1.82) is 0 Å². The zero-order valence-electron chi connectivity index (χ0n) is 46.4. The zero-order chi connectivity index (χ0) is 53.8. The summed E-state index contributed by atoms with van der Waals surface area (Å²) in [7, 11) is 0. The molecule has 1 heterocycles. The maximum Gasteiger partial charge on any atom is 0.145 e. The van der Waals surface area contributed by atoms with Crippen molar-refractivity contribution in [3.8, 4) is 22.3 Å². The Morgan fingerprint density at radius 2 is 1.04 bits per heavy atom. The number of rotatable bonds is 6. The summed E-state index contributed by atoms with van der Waals surface area (Å²) in [4.78, 5) is 5.05. The van der Waals surface area contributed by atoms with Gasteiger partial charge in [-0.2, -0.15) is 0 Å². The molecule has 16 rings (SSSR count). The molecule has 0 fully saturated rings. The number of nitrogens with zero attached hydrogens (tertiary/aromatic N) is 2. The van der Waals surface area contributed by atoms with Gasteiger partial charge in [0, 0.05) is 39.4 Å². The van der Waals surface area contributed by atoms with E-state index in [1.165, 1.54) is 100 Å². The van der Waals surface area contributed by atoms with Crippen molar-refractivity contribution < 1.29 is 4.42 Å². The van der Waals surface area contributed by atoms with Crippen LogP contribution in [0.4, 0.5) is 34.1 Å². The van der Waals surface area contributed by atoms with Crippen LogP contribution in [0.2, 0.25) is 0 Å². The molecule has 0 bridgehead atoms. The number of hydrogen-bond donors (Lipinski definition) is 0. The molecule has 3 nitrogen and oxygen atoms in total. The van der Waals surface area contributed by atoms with Crippen LogP contribution in [-0.2, 0) is 35.5 Å². The molecule has 4 aliphatic carbocycles. The van der Waals surface area contributed by atoms with E-state index in [1.54, 1.807) is 0 Å². The van der Waals surface area contributed by atoms with Gasteiger partial charge in [0.05, 0.1) is 16.5 Å². The Bertz CT molecular complexity index is 4610. The SMILES string of the molecule is CC(C)(C)c1ccc(N(c2ccc3c(c2)CC=C3)c2ccc3c(c2)C2(c4ccccc4-c4c2ccc2ccc5ccccc5c42)c2cc(N(c4ccc(C(C)(C)C)cc4)c4ccc5c(c4)CCC5)c4c(oc5ccccc54)c2-3)cc1. The normalized spacial score (nSPS) is 15.7. The van der Waals surface area contributed by atoms with Gasteiger partial charge in [0.1, 0.15) is 11.2 Å². The van der Waals surface area contributed by atoms with E-state index in [1.807, 2.05) is 0 Å². The van der Waals surface area contributed by atoms with Gasteiger partial charge in [0.15, 0.2) is 0 Å². The number of para-hydroxylation sites is 1. The van der Waals surface area contributed by atoms with Crippen LogP contribution in [0.5, 0.6) is 0 Å². The molecule has 0 N–H and O–H groups in total. The number of anilines is 6. The van der Waals surface area contributed by atoms with Crippen LogP contribution in [-0.4, -0.2) is 0 Å². The second-order valence-electron chi connectivity index (χ2n) is 25.1. The van der Waals surface area contributed by atoms with Crippen LogP contribution in [0.25, 0.3) is 71.8 Å². The molecule has 0 amide bonds. The lowest BCUT2D eigenvalue weighted by Crippen LogP contribution is -2.26. The lowest BCUT2D eigenvalue weighted by atomic mass is 9.70. The van der Waals surface area contributed by atoms with Crippen molar-refractivity contribution >= 4 is 83.7 Å². The van der Waals surface area contributed by atoms with Crippen molar-refractivity contribution in [2.75, 3.05) is 9.80 Å². The summed E-state index contributed by atoms with van der Waals surface area (Å²) >= 11 is 0. The molecule has 12 aromatic rings. The Morgan fingerprint density at radius 3 is 1.84 bits per heavy atom. The van der Waals surface area contributed by atoms with Crippen LogP contribution >= 0.6 is 0 Å². The average molecular weight is 1030 g/mol. The quantitative estimate of drug-likeness (QED) is 0.155. The van der Waals surface area contributed by atoms with Gasteiger partial charge >= 0.3 is 0 Å². The molecule has 3 heteroatoms. The topological polar surface area (TPSA) is 19.6 Å². The Morgan fingerprint density at radius 1 is 0.425 bits per heavy atom. The van der Waals surface area contributed by atoms with Crippen LogP contribution in [0, 0.1) is 0 Å². The molecule has 0 saturated carbocycles. The van der Waals surface area contributed by atoms with Crippen molar-refractivity contribution in [2.45, 2.75) is 83.5 Å². The number of aryl methyl sites for hydroxylation is 2. The van der Waals surface area contributed by atoms with Crippen molar-refractivity contribution in [1.82, 2.24) is 0 Å². The van der Waals surface area contributed by atoms with Gasteiger partial charge < -0.3 is 14.2 Å². The molecule has 11 aromatic carbocycles. The number of fused-ring (bicyclic) bond motifs is 20. The standard InChI is InChI=1S/C77H62N2O/c1-75(2,3)53-30-36-55(37-31-53)78(57-34-27-47-16-13-18-51(47)43-57)59-40-41-62-66(45-59)77(64-23-11-9-21-61(64)71-65(77)42-29-50-26-25-49-15-7-8-20-60(49)70(50)71)67-46-68(73-63-22-10-12-24-69(63)80-74(73)72(62)67)79(56-38-32-54(33-39-56)76(4,5)6)58-35-28-48-17-14-19-52(48)44-58/h7-13,15-16,20-46H,14,17-19H2,1-6H3. The van der Waals surface area contributed by atoms with Gasteiger partial charge in [-0.15, -0.1) is 0 Å². The molecular weight excluding hydrogens is 969 g/mol. The first-order valence-electron chi connectivity index (χ1n) is 28.8. The fourth-order valence-corrected chi connectivity index (χ4v) is 14.6. The van der Waals surface area contributed by atoms with Gasteiger partial charge in [-0.25, -0.2) is 0 Å². The highest BCUT2D eigenvalue weighted by Gasteiger charge is 2.54. The predicted molar refractivity (Wildman–Crippen MR) is 337 cm³/mol. The van der Waals surface area contributed by atoms with Crippen LogP contribution in [0.3, 0.4) is 0 Å². The van der Waals surface area contributed by atoms with E-state index < -0.39 is 5.41 Å². The summed E-state index contributed by atoms with van der Waals surface area (Å²) < 4.78 is 7.51. The smallest absolute Gasteiger partial charge is 0.145 e. The first-order chi connectivity index (χ1) is 38.9. The Hall–Kier alpha value is -8.92. The van der Waals surface area contributed by atoms with Crippen LogP contribution in [0.1, 0.15) is 104 Å². The molecule has 0 saturated heterocycles. The third kappa shape index (κ3) is 6.79. The van der Waals surface area contributed by atoms with Crippen LogP contribution < -0.4 is 9.80 Å². The molecule has 80 heavy (non-hydrogen) atoms. The molecule has 4 aliphatic rings. The zero-order valence-corrected chi connectivity index (χ0v) is 46.4. The third-order valence-electron chi connectivity index (χ3n) is 18.5. The summed E-state index contributed by atoms with van der Waals surface area (Å²) in [5.74, 6) is 0. The summed E-state index contributed by atoms with van der Waals surface area (Å²) in [6.07, 6.45) is 8.88. The Kier molecular flexibility index (Phi) is 10.0. The highest BCUT2D eigenvalue weighted by Crippen LogP contribution is 2.67. The molecule has 0 radical (unpaired) electrons. The molecule has 1 spiro atoms. The van der Waals surface area contributed by atoms with Gasteiger partial charge in [-0.3, -0.25) is 0 Å². The second-order valence-corrected chi connectivity index (χ2v) is 25.1. The lowest BCUT2D eigenvalue weighted by molar-refractivity contribution is 0.590. The first kappa shape index (κ1) is 47.1. The van der Waals surface area contributed by atoms with E-state index in [4.69, 9.17) is 4.42 Å². The second kappa shape index (κ2) is 17.0. The maximum atomic E-state index is 7.51. The van der Waals surface area contributed by atoms with Crippen molar-refractivity contribution in [3.63, 3.8) is 0 Å². The minimum absolute atomic E-state index is 0.00249. The van der Waals surface area contributed by atoms with Gasteiger partial charge in [0.2, 0.25) is 0 Å². The van der Waals surface area contributed by atoms with Gasteiger partial charge in [-0.1, -0.05) is 187 Å². The Labute approximate surface area is 469 Å². The van der Waals surface area contributed by atoms with E-state index in [0.717, 1.165) is 80.9 Å². The minimum Gasteiger partial charge on any atom is -0.455 e. The van der Waals surface area contributed by atoms with E-state index in [0.29, 0.717) is 0 Å². The fourth-order valence-electron chi connectivity index (χ4n) is 14.6. The van der Waals surface area contributed by atoms with Gasteiger partial charge in [0.25, 0.3) is 0 Å². The summed E-state index contributed by atoms with van der Waals surface area (Å²) in [6.45, 7) is 13.8. The molecule has 1 atom stereocenters. The largest absolute Gasteiger partial charge is 0.455 e. The van der Waals surface area contributed by atoms with Crippen LogP contribution in [0.15, 0.2) is 217 Å². The average Bonchev–Trinajstić information content (AvgIpc) is 2.36. The molecule has 0 aliphatic heterocycles. The number of hydrogen-bond acceptors (Lipinski definition) is 3. The monoisotopic (exact) mass is 1030 g/mol. The molecule has 1 unspecified atom stereocenters.